The predicted molar refractivity (Wildman–Crippen MR) is 122 cm³/mol. The fraction of sp³-hybridized carbons (Fsp3) is 0.600. The van der Waals surface area contributed by atoms with Crippen LogP contribution < -0.4 is 10.6 Å². The first-order chi connectivity index (χ1) is 15.6. The van der Waals surface area contributed by atoms with Crippen molar-refractivity contribution in [3.8, 4) is 0 Å². The minimum Gasteiger partial charge on any atom is -0.445 e. The van der Waals surface area contributed by atoms with Crippen LogP contribution in [-0.2, 0) is 14.2 Å². The summed E-state index contributed by atoms with van der Waals surface area (Å²) in [6.07, 6.45) is 8.73. The predicted octanol–water partition coefficient (Wildman–Crippen LogP) is 4.63. The summed E-state index contributed by atoms with van der Waals surface area (Å²) in [6, 6.07) is 7.81. The third kappa shape index (κ3) is 4.84. The maximum Gasteiger partial charge on any atom is 0.414 e. The Balaban J connectivity index is 1.28. The number of ether oxygens (including phenoxy) is 3. The molecule has 0 spiro atoms. The van der Waals surface area contributed by atoms with Gasteiger partial charge in [0.1, 0.15) is 6.61 Å². The van der Waals surface area contributed by atoms with Gasteiger partial charge in [-0.15, -0.1) is 0 Å². The van der Waals surface area contributed by atoms with Gasteiger partial charge in [-0.1, -0.05) is 24.8 Å². The molecule has 172 valence electrons. The molecule has 7 heteroatoms. The standard InChI is InChI=1S/C25H33N3O4/c1-2-7-32-24(29)28-23(27-21-5-3-20(4-6-21)22-30-8-9-31-22)26-16-25-13-17-10-18(14-25)12-19(11-17)15-25/h2-6,17-19,22H,1,7-16H2,(H2,26,27,28,29). The number of carbonyl (C=O) groups excluding carboxylic acids is 1. The number of anilines is 1. The van der Waals surface area contributed by atoms with Gasteiger partial charge < -0.3 is 19.5 Å². The number of guanidine groups is 1. The van der Waals surface area contributed by atoms with Crippen LogP contribution >= 0.6 is 0 Å². The number of hydrogen-bond acceptors (Lipinski definition) is 5. The minimum absolute atomic E-state index is 0.157. The molecule has 1 aromatic carbocycles. The van der Waals surface area contributed by atoms with Crippen molar-refractivity contribution < 1.29 is 19.0 Å². The van der Waals surface area contributed by atoms with Gasteiger partial charge in [0.25, 0.3) is 0 Å². The van der Waals surface area contributed by atoms with Crippen molar-refractivity contribution in [3.05, 3.63) is 42.5 Å². The number of alkyl carbamates (subject to hydrolysis) is 1. The summed E-state index contributed by atoms with van der Waals surface area (Å²) >= 11 is 0. The van der Waals surface area contributed by atoms with Crippen LogP contribution in [0.2, 0.25) is 0 Å². The summed E-state index contributed by atoms with van der Waals surface area (Å²) in [7, 11) is 0. The van der Waals surface area contributed by atoms with E-state index in [4.69, 9.17) is 19.2 Å². The summed E-state index contributed by atoms with van der Waals surface area (Å²) in [5.74, 6) is 3.03. The number of nitrogens with zero attached hydrogens (tertiary/aromatic N) is 1. The van der Waals surface area contributed by atoms with E-state index in [-0.39, 0.29) is 18.3 Å². The second kappa shape index (κ2) is 9.24. The Hall–Kier alpha value is -2.38. The highest BCUT2D eigenvalue weighted by atomic mass is 16.7. The Morgan fingerprint density at radius 1 is 1.09 bits per heavy atom. The Labute approximate surface area is 189 Å². The Morgan fingerprint density at radius 2 is 1.72 bits per heavy atom. The molecule has 0 radical (unpaired) electrons. The smallest absolute Gasteiger partial charge is 0.414 e. The number of amides is 1. The van der Waals surface area contributed by atoms with E-state index in [0.717, 1.165) is 35.5 Å². The average Bonchev–Trinajstić information content (AvgIpc) is 3.31. The molecule has 0 unspecified atom stereocenters. The molecule has 0 aromatic heterocycles. The molecule has 1 heterocycles. The Morgan fingerprint density at radius 3 is 2.31 bits per heavy atom. The van der Waals surface area contributed by atoms with Crippen LogP contribution in [0.4, 0.5) is 10.5 Å². The van der Waals surface area contributed by atoms with E-state index in [0.29, 0.717) is 19.2 Å². The maximum atomic E-state index is 12.2. The van der Waals surface area contributed by atoms with Gasteiger partial charge in [-0.05, 0) is 73.8 Å². The Bertz CT molecular complexity index is 825. The van der Waals surface area contributed by atoms with E-state index in [1.54, 1.807) is 6.08 Å². The number of rotatable bonds is 6. The molecule has 32 heavy (non-hydrogen) atoms. The normalized spacial score (nSPS) is 31.5. The van der Waals surface area contributed by atoms with Crippen LogP contribution in [0.5, 0.6) is 0 Å². The van der Waals surface area contributed by atoms with E-state index in [9.17, 15) is 4.79 Å². The molecule has 5 aliphatic rings. The van der Waals surface area contributed by atoms with Gasteiger partial charge in [-0.25, -0.2) is 4.79 Å². The average molecular weight is 440 g/mol. The zero-order valence-corrected chi connectivity index (χ0v) is 18.6. The van der Waals surface area contributed by atoms with Gasteiger partial charge in [-0.3, -0.25) is 10.3 Å². The second-order valence-electron chi connectivity index (χ2n) is 9.92. The highest BCUT2D eigenvalue weighted by Crippen LogP contribution is 2.60. The van der Waals surface area contributed by atoms with E-state index in [2.05, 4.69) is 17.2 Å². The van der Waals surface area contributed by atoms with Crippen LogP contribution in [0.3, 0.4) is 0 Å². The summed E-state index contributed by atoms with van der Waals surface area (Å²) in [5, 5.41) is 6.05. The van der Waals surface area contributed by atoms with Crippen LogP contribution in [0.1, 0.15) is 50.4 Å². The molecule has 1 aromatic rings. The fourth-order valence-corrected chi connectivity index (χ4v) is 6.52. The number of nitrogens with one attached hydrogen (secondary N) is 2. The van der Waals surface area contributed by atoms with Crippen LogP contribution in [-0.4, -0.2) is 38.4 Å². The summed E-state index contributed by atoms with van der Waals surface area (Å²) < 4.78 is 16.2. The largest absolute Gasteiger partial charge is 0.445 e. The maximum absolute atomic E-state index is 12.2. The molecule has 4 aliphatic carbocycles. The molecule has 4 bridgehead atoms. The third-order valence-corrected chi connectivity index (χ3v) is 7.36. The van der Waals surface area contributed by atoms with Crippen LogP contribution in [0.25, 0.3) is 0 Å². The van der Waals surface area contributed by atoms with Crippen LogP contribution in [0, 0.1) is 23.2 Å². The molecule has 5 fully saturated rings. The number of benzene rings is 1. The third-order valence-electron chi connectivity index (χ3n) is 7.36. The minimum atomic E-state index is -0.536. The van der Waals surface area contributed by atoms with E-state index < -0.39 is 6.09 Å². The van der Waals surface area contributed by atoms with Gasteiger partial charge >= 0.3 is 6.09 Å². The molecule has 7 nitrogen and oxygen atoms in total. The molecular formula is C25H33N3O4. The molecule has 1 aliphatic heterocycles. The first kappa shape index (κ1) is 21.5. The highest BCUT2D eigenvalue weighted by Gasteiger charge is 2.50. The van der Waals surface area contributed by atoms with Gasteiger partial charge in [-0.2, -0.15) is 0 Å². The SMILES string of the molecule is C=CCOC(=O)N/C(=N\CC12CC3CC(CC(C3)C1)C2)Nc1ccc(C2OCCO2)cc1. The van der Waals surface area contributed by atoms with Gasteiger partial charge in [0, 0.05) is 17.8 Å². The van der Waals surface area contributed by atoms with Crippen molar-refractivity contribution >= 4 is 17.7 Å². The van der Waals surface area contributed by atoms with Gasteiger partial charge in [0.2, 0.25) is 5.96 Å². The monoisotopic (exact) mass is 439 g/mol. The first-order valence-corrected chi connectivity index (χ1v) is 11.8. The van der Waals surface area contributed by atoms with Gasteiger partial charge in [0.05, 0.1) is 13.2 Å². The van der Waals surface area contributed by atoms with E-state index in [1.807, 2.05) is 24.3 Å². The second-order valence-corrected chi connectivity index (χ2v) is 9.92. The molecule has 1 amide bonds. The van der Waals surface area contributed by atoms with Crippen molar-refractivity contribution in [2.24, 2.45) is 28.2 Å². The zero-order valence-electron chi connectivity index (χ0n) is 18.6. The van der Waals surface area contributed by atoms with E-state index in [1.165, 1.54) is 38.5 Å². The van der Waals surface area contributed by atoms with Crippen molar-refractivity contribution in [1.82, 2.24) is 5.32 Å². The molecule has 0 atom stereocenters. The lowest BCUT2D eigenvalue weighted by atomic mass is 9.49. The molecule has 2 N–H and O–H groups in total. The first-order valence-electron chi connectivity index (χ1n) is 11.8. The number of carbonyl (C=O) groups is 1. The Kier molecular flexibility index (Phi) is 6.20. The highest BCUT2D eigenvalue weighted by molar-refractivity contribution is 6.02. The van der Waals surface area contributed by atoms with Crippen molar-refractivity contribution in [1.29, 1.82) is 0 Å². The topological polar surface area (TPSA) is 81.2 Å². The van der Waals surface area contributed by atoms with Crippen molar-refractivity contribution in [2.75, 3.05) is 31.7 Å². The lowest BCUT2D eigenvalue weighted by Crippen LogP contribution is -2.48. The van der Waals surface area contributed by atoms with Crippen molar-refractivity contribution in [3.63, 3.8) is 0 Å². The van der Waals surface area contributed by atoms with E-state index >= 15 is 0 Å². The molecular weight excluding hydrogens is 406 g/mol. The van der Waals surface area contributed by atoms with Crippen LogP contribution in [0.15, 0.2) is 41.9 Å². The summed E-state index contributed by atoms with van der Waals surface area (Å²) in [5.41, 5.74) is 2.09. The quantitative estimate of drug-likeness (QED) is 0.384. The number of aliphatic imine (C=N–C) groups is 1. The molecule has 4 saturated carbocycles. The summed E-state index contributed by atoms with van der Waals surface area (Å²) in [6.45, 7) is 5.71. The fourth-order valence-electron chi connectivity index (χ4n) is 6.52. The number of hydrogen-bond donors (Lipinski definition) is 2. The zero-order chi connectivity index (χ0) is 22.0. The molecule has 1 saturated heterocycles. The lowest BCUT2D eigenvalue weighted by Gasteiger charge is -2.56. The summed E-state index contributed by atoms with van der Waals surface area (Å²) in [4.78, 5) is 17.1. The molecule has 6 rings (SSSR count). The lowest BCUT2D eigenvalue weighted by molar-refractivity contribution is -0.0465. The van der Waals surface area contributed by atoms with Crippen molar-refractivity contribution in [2.45, 2.75) is 44.8 Å². The van der Waals surface area contributed by atoms with Gasteiger partial charge in [0.15, 0.2) is 6.29 Å².